The Bertz CT molecular complexity index is 1360. The molecule has 8 heteroatoms. The van der Waals surface area contributed by atoms with Gasteiger partial charge in [-0.15, -0.1) is 0 Å². The predicted octanol–water partition coefficient (Wildman–Crippen LogP) is 4.36. The fourth-order valence-electron chi connectivity index (χ4n) is 7.91. The van der Waals surface area contributed by atoms with Gasteiger partial charge >= 0.3 is 5.96 Å². The Labute approximate surface area is 236 Å². The van der Waals surface area contributed by atoms with Gasteiger partial charge in [0.2, 0.25) is 0 Å². The Hall–Kier alpha value is -3.00. The van der Waals surface area contributed by atoms with Gasteiger partial charge in [-0.2, -0.15) is 0 Å². The van der Waals surface area contributed by atoms with Crippen molar-refractivity contribution in [3.8, 4) is 0 Å². The smallest absolute Gasteiger partial charge is 0.334 e. The molecule has 6 nitrogen and oxygen atoms in total. The van der Waals surface area contributed by atoms with Gasteiger partial charge in [0.1, 0.15) is 17.3 Å². The van der Waals surface area contributed by atoms with Crippen LogP contribution in [0.5, 0.6) is 0 Å². The number of anilines is 1. The third-order valence-corrected chi connectivity index (χ3v) is 10.5. The van der Waals surface area contributed by atoms with Crippen LogP contribution in [0.15, 0.2) is 36.4 Å². The van der Waals surface area contributed by atoms with Crippen molar-refractivity contribution in [1.29, 1.82) is 0 Å². The Morgan fingerprint density at radius 3 is 2.67 bits per heavy atom. The Kier molecular flexibility index (Phi) is 6.88. The van der Waals surface area contributed by atoms with Gasteiger partial charge in [-0.05, 0) is 78.7 Å². The molecule has 3 saturated carbocycles. The first-order chi connectivity index (χ1) is 19.0. The molecule has 3 N–H and O–H groups in total. The summed E-state index contributed by atoms with van der Waals surface area (Å²) in [5.74, 6) is 1.37. The van der Waals surface area contributed by atoms with Crippen molar-refractivity contribution < 1.29 is 18.2 Å². The summed E-state index contributed by atoms with van der Waals surface area (Å²) in [6.07, 6.45) is 2.72. The Morgan fingerprint density at radius 2 is 1.98 bits per heavy atom. The molecule has 5 aliphatic rings. The molecule has 1 saturated heterocycles. The fourth-order valence-corrected chi connectivity index (χ4v) is 7.91. The van der Waals surface area contributed by atoms with Crippen LogP contribution in [0.1, 0.15) is 62.0 Å². The highest BCUT2D eigenvalue weighted by molar-refractivity contribution is 6.01. The van der Waals surface area contributed by atoms with E-state index in [1.165, 1.54) is 18.6 Å². The number of benzene rings is 2. The van der Waals surface area contributed by atoms with Gasteiger partial charge in [0.25, 0.3) is 5.91 Å². The van der Waals surface area contributed by atoms with Crippen LogP contribution in [0.2, 0.25) is 0 Å². The van der Waals surface area contributed by atoms with Crippen molar-refractivity contribution >= 4 is 17.6 Å². The summed E-state index contributed by atoms with van der Waals surface area (Å²) >= 11 is 0. The molecule has 2 heterocycles. The second-order valence-corrected chi connectivity index (χ2v) is 13.1. The molecular formula is C32H42F2N5O+. The molecular weight excluding hydrogens is 508 g/mol. The third-order valence-electron chi connectivity index (χ3n) is 10.5. The van der Waals surface area contributed by atoms with Gasteiger partial charge < -0.3 is 10.2 Å². The summed E-state index contributed by atoms with van der Waals surface area (Å²) < 4.78 is 29.8. The highest BCUT2D eigenvalue weighted by atomic mass is 19.1. The SMILES string of the molecule is C[C@@H]1[C@@H](N(C(N)=[N+]2CCN[C@@H](C)C2)c2ccc3c(c2)C(=O)N(CCc2ccc(F)cc2F)C3)C[C@H]2C[C@@H]1C2(C)C. The van der Waals surface area contributed by atoms with Gasteiger partial charge in [-0.1, -0.05) is 32.9 Å². The van der Waals surface area contributed by atoms with E-state index in [0.29, 0.717) is 59.8 Å². The number of guanidine groups is 1. The summed E-state index contributed by atoms with van der Waals surface area (Å²) in [5.41, 5.74) is 10.4. The van der Waals surface area contributed by atoms with Crippen molar-refractivity contribution in [2.45, 2.75) is 65.6 Å². The number of carbonyl (C=O) groups excluding carboxylic acids is 1. The number of nitrogens with one attached hydrogen (secondary N) is 1. The Morgan fingerprint density at radius 1 is 1.18 bits per heavy atom. The predicted molar refractivity (Wildman–Crippen MR) is 153 cm³/mol. The number of piperazine rings is 1. The first-order valence-electron chi connectivity index (χ1n) is 14.8. The minimum absolute atomic E-state index is 0.0469. The number of carbonyl (C=O) groups is 1. The minimum atomic E-state index is -0.595. The monoisotopic (exact) mass is 550 g/mol. The summed E-state index contributed by atoms with van der Waals surface area (Å²) in [5, 5.41) is 3.51. The number of nitrogens with two attached hydrogens (primary N) is 1. The second-order valence-electron chi connectivity index (χ2n) is 13.1. The van der Waals surface area contributed by atoms with Crippen LogP contribution < -0.4 is 16.0 Å². The van der Waals surface area contributed by atoms with Crippen molar-refractivity contribution in [3.05, 3.63) is 64.7 Å². The van der Waals surface area contributed by atoms with Crippen LogP contribution in [-0.4, -0.2) is 59.6 Å². The molecule has 0 aromatic heterocycles. The van der Waals surface area contributed by atoms with Crippen LogP contribution >= 0.6 is 0 Å². The number of fused-ring (bicyclic) bond motifs is 3. The van der Waals surface area contributed by atoms with E-state index in [9.17, 15) is 13.6 Å². The number of amides is 1. The van der Waals surface area contributed by atoms with Gasteiger partial charge in [0.15, 0.2) is 0 Å². The van der Waals surface area contributed by atoms with Crippen molar-refractivity contribution in [2.75, 3.05) is 31.1 Å². The lowest BCUT2D eigenvalue weighted by Gasteiger charge is -2.62. The quantitative estimate of drug-likeness (QED) is 0.429. The van der Waals surface area contributed by atoms with Gasteiger partial charge in [0, 0.05) is 37.3 Å². The summed E-state index contributed by atoms with van der Waals surface area (Å²) in [6, 6.07) is 10.4. The molecule has 2 bridgehead atoms. The molecule has 2 aromatic rings. The summed E-state index contributed by atoms with van der Waals surface area (Å²) in [6.45, 7) is 12.8. The molecule has 0 unspecified atom stereocenters. The maximum Gasteiger partial charge on any atom is 0.351 e. The third kappa shape index (κ3) is 4.58. The molecule has 4 fully saturated rings. The molecule has 1 amide bonds. The van der Waals surface area contributed by atoms with E-state index < -0.39 is 11.6 Å². The van der Waals surface area contributed by atoms with Gasteiger partial charge in [0.05, 0.1) is 19.1 Å². The molecule has 3 aliphatic carbocycles. The van der Waals surface area contributed by atoms with Crippen molar-refractivity contribution in [1.82, 2.24) is 10.2 Å². The van der Waals surface area contributed by atoms with E-state index in [2.05, 4.69) is 54.6 Å². The molecule has 40 heavy (non-hydrogen) atoms. The highest BCUT2D eigenvalue weighted by Gasteiger charge is 2.59. The second kappa shape index (κ2) is 10.1. The van der Waals surface area contributed by atoms with Crippen LogP contribution in [0.25, 0.3) is 0 Å². The fraction of sp³-hybridized carbons (Fsp3) is 0.562. The van der Waals surface area contributed by atoms with E-state index in [0.717, 1.165) is 49.3 Å². The summed E-state index contributed by atoms with van der Waals surface area (Å²) in [7, 11) is 0. The lowest BCUT2D eigenvalue weighted by molar-refractivity contribution is -0.539. The Balaban J connectivity index is 1.29. The lowest BCUT2D eigenvalue weighted by Crippen LogP contribution is -2.64. The van der Waals surface area contributed by atoms with E-state index in [-0.39, 0.29) is 11.9 Å². The van der Waals surface area contributed by atoms with E-state index >= 15 is 0 Å². The number of nitrogens with zero attached hydrogens (tertiary/aromatic N) is 3. The zero-order chi connectivity index (χ0) is 28.3. The molecule has 2 aliphatic heterocycles. The van der Waals surface area contributed by atoms with Crippen LogP contribution in [0.3, 0.4) is 0 Å². The van der Waals surface area contributed by atoms with Gasteiger partial charge in [-0.3, -0.25) is 15.1 Å². The van der Waals surface area contributed by atoms with E-state index in [1.54, 1.807) is 4.90 Å². The number of hydrogen-bond donors (Lipinski definition) is 2. The normalized spacial score (nSPS) is 30.1. The molecule has 2 aromatic carbocycles. The average molecular weight is 551 g/mol. The maximum atomic E-state index is 14.2. The van der Waals surface area contributed by atoms with E-state index in [1.807, 2.05) is 6.07 Å². The number of rotatable bonds is 5. The largest absolute Gasteiger partial charge is 0.351 e. The number of halogens is 2. The topological polar surface area (TPSA) is 64.6 Å². The van der Waals surface area contributed by atoms with Crippen LogP contribution in [0.4, 0.5) is 14.5 Å². The van der Waals surface area contributed by atoms with Crippen LogP contribution in [0, 0.1) is 34.8 Å². The highest BCUT2D eigenvalue weighted by Crippen LogP contribution is 2.62. The summed E-state index contributed by atoms with van der Waals surface area (Å²) in [4.78, 5) is 17.6. The van der Waals surface area contributed by atoms with Crippen molar-refractivity contribution in [2.24, 2.45) is 28.9 Å². The first kappa shape index (κ1) is 27.2. The maximum absolute atomic E-state index is 14.2. The van der Waals surface area contributed by atoms with Crippen LogP contribution in [-0.2, 0) is 13.0 Å². The zero-order valence-corrected chi connectivity index (χ0v) is 24.1. The van der Waals surface area contributed by atoms with E-state index in [4.69, 9.17) is 5.73 Å². The molecule has 0 spiro atoms. The molecule has 214 valence electrons. The van der Waals surface area contributed by atoms with Crippen molar-refractivity contribution in [3.63, 3.8) is 0 Å². The zero-order valence-electron chi connectivity index (χ0n) is 24.1. The number of hydrogen-bond acceptors (Lipinski definition) is 2. The first-order valence-corrected chi connectivity index (χ1v) is 14.8. The van der Waals surface area contributed by atoms with Gasteiger partial charge in [-0.25, -0.2) is 13.7 Å². The molecule has 0 radical (unpaired) electrons. The average Bonchev–Trinajstić information content (AvgIpc) is 3.23. The minimum Gasteiger partial charge on any atom is -0.334 e. The molecule has 5 atom stereocenters. The molecule has 7 rings (SSSR count). The standard InChI is InChI=1S/C32H41F2N5O/c1-19-17-38(12-10-36-19)31(35)39(29-14-23-13-27(20(29)2)32(23,3)4)25-8-6-22-18-37(30(40)26(22)16-25)11-9-21-5-7-24(33)15-28(21)34/h5-8,15-16,19-20,23,27,29,35-36H,9-14,17-18H2,1-4H3/p+1/t19-,20-,23+,27-,29-/m0/s1. The lowest BCUT2D eigenvalue weighted by atomic mass is 9.44.